The fraction of sp³-hybridized carbons (Fsp3) is 0.286. The van der Waals surface area contributed by atoms with Crippen LogP contribution >= 0.6 is 0 Å². The Morgan fingerprint density at radius 1 is 1.24 bits per heavy atom. The van der Waals surface area contributed by atoms with Gasteiger partial charge in [-0.05, 0) is 38.5 Å². The van der Waals surface area contributed by atoms with E-state index in [2.05, 4.69) is 10.3 Å². The van der Waals surface area contributed by atoms with Gasteiger partial charge in [-0.25, -0.2) is 18.4 Å². The second-order valence-corrected chi connectivity index (χ2v) is 6.74. The van der Waals surface area contributed by atoms with Gasteiger partial charge in [-0.2, -0.15) is 0 Å². The van der Waals surface area contributed by atoms with Gasteiger partial charge in [0.1, 0.15) is 12.4 Å². The summed E-state index contributed by atoms with van der Waals surface area (Å²) in [4.78, 5) is 18.1. The van der Waals surface area contributed by atoms with Gasteiger partial charge in [0.2, 0.25) is 0 Å². The Labute approximate surface area is 168 Å². The van der Waals surface area contributed by atoms with Crippen LogP contribution in [0.3, 0.4) is 0 Å². The number of aromatic nitrogens is 3. The van der Waals surface area contributed by atoms with Crippen LogP contribution in [0.25, 0.3) is 5.69 Å². The van der Waals surface area contributed by atoms with Gasteiger partial charge in [-0.3, -0.25) is 0 Å². The van der Waals surface area contributed by atoms with Gasteiger partial charge < -0.3 is 9.57 Å². The molecule has 0 aliphatic rings. The van der Waals surface area contributed by atoms with E-state index < -0.39 is 0 Å². The summed E-state index contributed by atoms with van der Waals surface area (Å²) in [6, 6.07) is 10.6. The number of halogens is 1. The minimum atomic E-state index is -0.358. The summed E-state index contributed by atoms with van der Waals surface area (Å²) < 4.78 is 21.9. The first-order valence-corrected chi connectivity index (χ1v) is 9.05. The molecule has 0 saturated carbocycles. The quantitative estimate of drug-likeness (QED) is 0.472. The number of hydrogen-bond donors (Lipinski definition) is 0. The zero-order valence-electron chi connectivity index (χ0n) is 17.1. The van der Waals surface area contributed by atoms with Crippen LogP contribution in [-0.4, -0.2) is 27.2 Å². The highest BCUT2D eigenvalue weighted by Gasteiger charge is 2.19. The SMILES string of the molecule is COc1nn(C)c(=O)n1-c1c(C)cccc1CON=C(C)c1cc(C)ccc1F. The molecule has 0 bridgehead atoms. The normalized spacial score (nSPS) is 11.6. The number of aryl methyl sites for hydroxylation is 3. The van der Waals surface area contributed by atoms with E-state index in [0.717, 1.165) is 16.7 Å². The molecule has 0 radical (unpaired) electrons. The predicted octanol–water partition coefficient (Wildman–Crippen LogP) is 3.28. The van der Waals surface area contributed by atoms with Crippen LogP contribution in [0.4, 0.5) is 4.39 Å². The van der Waals surface area contributed by atoms with Gasteiger partial charge in [0.15, 0.2) is 0 Å². The van der Waals surface area contributed by atoms with Crippen molar-refractivity contribution in [3.8, 4) is 11.7 Å². The molecule has 1 heterocycles. The third-order valence-electron chi connectivity index (χ3n) is 4.56. The van der Waals surface area contributed by atoms with Gasteiger partial charge in [-0.15, -0.1) is 5.10 Å². The lowest BCUT2D eigenvalue weighted by atomic mass is 10.1. The van der Waals surface area contributed by atoms with Gasteiger partial charge in [0.25, 0.3) is 0 Å². The summed E-state index contributed by atoms with van der Waals surface area (Å²) in [5, 5.41) is 8.15. The van der Waals surface area contributed by atoms with E-state index in [-0.39, 0.29) is 24.1 Å². The zero-order valence-corrected chi connectivity index (χ0v) is 17.1. The molecule has 152 valence electrons. The molecule has 0 amide bonds. The number of rotatable bonds is 6. The van der Waals surface area contributed by atoms with Crippen molar-refractivity contribution < 1.29 is 14.0 Å². The number of benzene rings is 2. The van der Waals surface area contributed by atoms with E-state index in [0.29, 0.717) is 17.0 Å². The molecule has 0 unspecified atom stereocenters. The maximum absolute atomic E-state index is 14.0. The topological polar surface area (TPSA) is 70.6 Å². The molecule has 0 aliphatic heterocycles. The third kappa shape index (κ3) is 4.06. The van der Waals surface area contributed by atoms with Crippen molar-refractivity contribution in [3.63, 3.8) is 0 Å². The molecule has 2 aromatic carbocycles. The van der Waals surface area contributed by atoms with E-state index in [1.165, 1.54) is 22.4 Å². The number of para-hydroxylation sites is 1. The summed E-state index contributed by atoms with van der Waals surface area (Å²) in [6.45, 7) is 5.54. The number of ether oxygens (including phenoxy) is 1. The summed E-state index contributed by atoms with van der Waals surface area (Å²) in [5.41, 5.74) is 3.61. The molecule has 0 N–H and O–H groups in total. The summed E-state index contributed by atoms with van der Waals surface area (Å²) in [6.07, 6.45) is 0. The Kier molecular flexibility index (Phi) is 5.81. The molecule has 0 spiro atoms. The first kappa shape index (κ1) is 20.3. The van der Waals surface area contributed by atoms with Crippen LogP contribution in [0, 0.1) is 19.7 Å². The smallest absolute Gasteiger partial charge is 0.353 e. The molecule has 0 fully saturated rings. The average Bonchev–Trinajstić information content (AvgIpc) is 2.97. The summed E-state index contributed by atoms with van der Waals surface area (Å²) in [7, 11) is 3.01. The van der Waals surface area contributed by atoms with Crippen LogP contribution < -0.4 is 10.4 Å². The highest BCUT2D eigenvalue weighted by Crippen LogP contribution is 2.23. The van der Waals surface area contributed by atoms with Gasteiger partial charge in [0, 0.05) is 18.2 Å². The van der Waals surface area contributed by atoms with E-state index in [9.17, 15) is 9.18 Å². The molecule has 7 nitrogen and oxygen atoms in total. The molecular formula is C21H23FN4O3. The van der Waals surface area contributed by atoms with E-state index in [1.54, 1.807) is 26.1 Å². The van der Waals surface area contributed by atoms with Crippen molar-refractivity contribution in [1.82, 2.24) is 14.3 Å². The van der Waals surface area contributed by atoms with E-state index in [1.807, 2.05) is 32.0 Å². The van der Waals surface area contributed by atoms with Crippen molar-refractivity contribution in [2.45, 2.75) is 27.4 Å². The largest absolute Gasteiger partial charge is 0.467 e. The highest BCUT2D eigenvalue weighted by atomic mass is 19.1. The maximum atomic E-state index is 14.0. The van der Waals surface area contributed by atoms with Gasteiger partial charge in [0.05, 0.1) is 18.5 Å². The Balaban J connectivity index is 1.93. The highest BCUT2D eigenvalue weighted by molar-refractivity contribution is 5.98. The molecule has 8 heteroatoms. The number of hydrogen-bond acceptors (Lipinski definition) is 5. The number of methoxy groups -OCH3 is 1. The van der Waals surface area contributed by atoms with Crippen molar-refractivity contribution >= 4 is 5.71 Å². The fourth-order valence-corrected chi connectivity index (χ4v) is 3.09. The standard InChI is InChI=1S/C21H23FN4O3/c1-13-9-10-18(22)17(11-13)15(3)24-29-12-16-8-6-7-14(2)19(16)26-20(28-5)23-25(4)21(26)27/h6-11H,12H2,1-5H3. The van der Waals surface area contributed by atoms with Crippen molar-refractivity contribution in [2.75, 3.05) is 7.11 Å². The molecule has 1 aromatic heterocycles. The second-order valence-electron chi connectivity index (χ2n) is 6.74. The van der Waals surface area contributed by atoms with Crippen LogP contribution in [0.2, 0.25) is 0 Å². The first-order valence-electron chi connectivity index (χ1n) is 9.05. The Morgan fingerprint density at radius 3 is 2.72 bits per heavy atom. The molecule has 29 heavy (non-hydrogen) atoms. The lowest BCUT2D eigenvalue weighted by molar-refractivity contribution is 0.130. The molecule has 0 aliphatic carbocycles. The lowest BCUT2D eigenvalue weighted by Gasteiger charge is -2.13. The predicted molar refractivity (Wildman–Crippen MR) is 108 cm³/mol. The Hall–Kier alpha value is -3.42. The monoisotopic (exact) mass is 398 g/mol. The minimum absolute atomic E-state index is 0.0896. The number of nitrogens with zero attached hydrogens (tertiary/aromatic N) is 4. The van der Waals surface area contributed by atoms with Gasteiger partial charge in [-0.1, -0.05) is 35.0 Å². The Bertz CT molecular complexity index is 1130. The molecular weight excluding hydrogens is 375 g/mol. The van der Waals surface area contributed by atoms with Crippen molar-refractivity contribution in [2.24, 2.45) is 12.2 Å². The maximum Gasteiger partial charge on any atom is 0.353 e. The average molecular weight is 398 g/mol. The molecule has 0 saturated heterocycles. The van der Waals surface area contributed by atoms with Crippen molar-refractivity contribution in [3.05, 3.63) is 75.0 Å². The van der Waals surface area contributed by atoms with E-state index in [4.69, 9.17) is 9.57 Å². The third-order valence-corrected chi connectivity index (χ3v) is 4.56. The molecule has 0 atom stereocenters. The van der Waals surface area contributed by atoms with E-state index >= 15 is 0 Å². The summed E-state index contributed by atoms with van der Waals surface area (Å²) >= 11 is 0. The van der Waals surface area contributed by atoms with Crippen LogP contribution in [0.15, 0.2) is 46.3 Å². The summed E-state index contributed by atoms with van der Waals surface area (Å²) in [5.74, 6) is -0.358. The fourth-order valence-electron chi connectivity index (χ4n) is 3.09. The van der Waals surface area contributed by atoms with Crippen molar-refractivity contribution in [1.29, 1.82) is 0 Å². The first-order chi connectivity index (χ1) is 13.8. The second kappa shape index (κ2) is 8.30. The minimum Gasteiger partial charge on any atom is -0.467 e. The Morgan fingerprint density at radius 2 is 2.00 bits per heavy atom. The zero-order chi connectivity index (χ0) is 21.1. The van der Waals surface area contributed by atoms with Crippen LogP contribution in [0.5, 0.6) is 6.01 Å². The van der Waals surface area contributed by atoms with Gasteiger partial charge >= 0.3 is 11.7 Å². The van der Waals surface area contributed by atoms with Crippen LogP contribution in [-0.2, 0) is 18.5 Å². The lowest BCUT2D eigenvalue weighted by Crippen LogP contribution is -2.23. The number of oxime groups is 1. The molecule has 3 aromatic rings. The van der Waals surface area contributed by atoms with Crippen LogP contribution in [0.1, 0.15) is 29.2 Å². The molecule has 3 rings (SSSR count).